The van der Waals surface area contributed by atoms with Gasteiger partial charge in [-0.25, -0.2) is 0 Å². The highest BCUT2D eigenvalue weighted by atomic mass is 14.6. The minimum absolute atomic E-state index is 1.09. The second kappa shape index (κ2) is 5.36. The summed E-state index contributed by atoms with van der Waals surface area (Å²) in [5.41, 5.74) is 1.09. The average Bonchev–Trinajstić information content (AvgIpc) is 3.07. The van der Waals surface area contributed by atoms with Gasteiger partial charge in [0, 0.05) is 29.4 Å². The molecule has 0 bridgehead atoms. The largest absolute Gasteiger partial charge is 0.368 e. The van der Waals surface area contributed by atoms with Gasteiger partial charge < -0.3 is 4.98 Å². The molecular formula is C17H14N2. The van der Waals surface area contributed by atoms with Crippen LogP contribution < -0.4 is 0 Å². The van der Waals surface area contributed by atoms with Crippen LogP contribution in [-0.2, 0) is 0 Å². The number of pyridine rings is 1. The maximum Gasteiger partial charge on any atom is 0.0780 e. The number of fused-ring (bicyclic) bond motifs is 3. The van der Waals surface area contributed by atoms with Gasteiger partial charge in [0.1, 0.15) is 0 Å². The van der Waals surface area contributed by atoms with Crippen LogP contribution in [0.3, 0.4) is 0 Å². The lowest BCUT2D eigenvalue weighted by Crippen LogP contribution is -1.79. The van der Waals surface area contributed by atoms with Crippen LogP contribution in [-0.4, -0.2) is 9.97 Å². The van der Waals surface area contributed by atoms with Crippen LogP contribution >= 0.6 is 0 Å². The van der Waals surface area contributed by atoms with Gasteiger partial charge in [-0.2, -0.15) is 0 Å². The molecular weight excluding hydrogens is 232 g/mol. The van der Waals surface area contributed by atoms with E-state index in [4.69, 9.17) is 0 Å². The third-order valence-electron chi connectivity index (χ3n) is 2.99. The van der Waals surface area contributed by atoms with Crippen molar-refractivity contribution in [2.24, 2.45) is 0 Å². The zero-order valence-electron chi connectivity index (χ0n) is 10.5. The van der Waals surface area contributed by atoms with Gasteiger partial charge in [0.15, 0.2) is 0 Å². The van der Waals surface area contributed by atoms with Crippen LogP contribution in [0.5, 0.6) is 0 Å². The van der Waals surface area contributed by atoms with Crippen molar-refractivity contribution in [3.05, 3.63) is 79.3 Å². The van der Waals surface area contributed by atoms with Crippen LogP contribution in [0.2, 0.25) is 0 Å². The highest BCUT2D eigenvalue weighted by Gasteiger charge is 1.98. The first kappa shape index (κ1) is 11.5. The fourth-order valence-corrected chi connectivity index (χ4v) is 2.09. The quantitative estimate of drug-likeness (QED) is 0.458. The summed E-state index contributed by atoms with van der Waals surface area (Å²) in [5.74, 6) is 0. The standard InChI is InChI=1S/C13H9N.C4H5N/c1-2-6-12-10(4-1)7-8-11-5-3-9-14-13(11)12;1-2-4-5-3-1/h1-9H;1-5H. The third kappa shape index (κ3) is 2.47. The number of hydrogen-bond donors (Lipinski definition) is 1. The molecule has 0 saturated carbocycles. The van der Waals surface area contributed by atoms with Crippen LogP contribution in [0.4, 0.5) is 0 Å². The number of nitrogens with zero attached hydrogens (tertiary/aromatic N) is 1. The molecule has 0 amide bonds. The van der Waals surface area contributed by atoms with E-state index in [2.05, 4.69) is 52.4 Å². The molecule has 0 atom stereocenters. The zero-order chi connectivity index (χ0) is 12.9. The molecule has 0 fully saturated rings. The number of hydrogen-bond acceptors (Lipinski definition) is 1. The first-order valence-electron chi connectivity index (χ1n) is 6.25. The summed E-state index contributed by atoms with van der Waals surface area (Å²) in [5, 5.41) is 3.68. The summed E-state index contributed by atoms with van der Waals surface area (Å²) in [4.78, 5) is 7.27. The Bertz CT molecular complexity index is 701. The summed E-state index contributed by atoms with van der Waals surface area (Å²) < 4.78 is 0. The van der Waals surface area contributed by atoms with Crippen molar-refractivity contribution in [2.75, 3.05) is 0 Å². The van der Waals surface area contributed by atoms with Gasteiger partial charge in [-0.05, 0) is 23.6 Å². The van der Waals surface area contributed by atoms with Crippen molar-refractivity contribution in [2.45, 2.75) is 0 Å². The Hall–Kier alpha value is -2.61. The molecule has 0 saturated heterocycles. The topological polar surface area (TPSA) is 28.7 Å². The van der Waals surface area contributed by atoms with E-state index in [-0.39, 0.29) is 0 Å². The second-order valence-corrected chi connectivity index (χ2v) is 4.25. The van der Waals surface area contributed by atoms with E-state index >= 15 is 0 Å². The van der Waals surface area contributed by atoms with Crippen molar-refractivity contribution < 1.29 is 0 Å². The van der Waals surface area contributed by atoms with Gasteiger partial charge in [-0.15, -0.1) is 0 Å². The normalized spacial score (nSPS) is 10.1. The molecule has 0 spiro atoms. The number of H-pyrrole nitrogens is 1. The predicted octanol–water partition coefficient (Wildman–Crippen LogP) is 4.40. The van der Waals surface area contributed by atoms with E-state index < -0.39 is 0 Å². The lowest BCUT2D eigenvalue weighted by molar-refractivity contribution is 1.42. The SMILES string of the molecule is c1cc[nH]c1.c1ccc2c(c1)ccc1cccnc12. The smallest absolute Gasteiger partial charge is 0.0780 e. The Balaban J connectivity index is 0.000000187. The van der Waals surface area contributed by atoms with Gasteiger partial charge in [-0.3, -0.25) is 4.98 Å². The van der Waals surface area contributed by atoms with Gasteiger partial charge in [0.2, 0.25) is 0 Å². The monoisotopic (exact) mass is 246 g/mol. The fraction of sp³-hybridized carbons (Fsp3) is 0. The van der Waals surface area contributed by atoms with E-state index in [1.165, 1.54) is 16.2 Å². The molecule has 0 radical (unpaired) electrons. The molecule has 0 aliphatic rings. The second-order valence-electron chi connectivity index (χ2n) is 4.25. The van der Waals surface area contributed by atoms with Gasteiger partial charge in [0.05, 0.1) is 5.52 Å². The van der Waals surface area contributed by atoms with Crippen LogP contribution in [0, 0.1) is 0 Å². The zero-order valence-corrected chi connectivity index (χ0v) is 10.5. The van der Waals surface area contributed by atoms with Crippen molar-refractivity contribution in [3.8, 4) is 0 Å². The lowest BCUT2D eigenvalue weighted by atomic mass is 10.1. The minimum atomic E-state index is 1.09. The summed E-state index contributed by atoms with van der Waals surface area (Å²) in [6.45, 7) is 0. The van der Waals surface area contributed by atoms with Crippen LogP contribution in [0.25, 0.3) is 21.7 Å². The van der Waals surface area contributed by atoms with E-state index in [0.717, 1.165) is 5.52 Å². The third-order valence-corrected chi connectivity index (χ3v) is 2.99. The first-order valence-corrected chi connectivity index (χ1v) is 6.25. The highest BCUT2D eigenvalue weighted by molar-refractivity contribution is 6.04. The van der Waals surface area contributed by atoms with Crippen LogP contribution in [0.15, 0.2) is 79.3 Å². The maximum atomic E-state index is 4.41. The molecule has 4 rings (SSSR count). The number of aromatic amines is 1. The van der Waals surface area contributed by atoms with Crippen molar-refractivity contribution in [1.29, 1.82) is 0 Å². The number of nitrogens with one attached hydrogen (secondary N) is 1. The summed E-state index contributed by atoms with van der Waals surface area (Å²) in [6, 6.07) is 20.5. The predicted molar refractivity (Wildman–Crippen MR) is 80.0 cm³/mol. The molecule has 2 aromatic carbocycles. The molecule has 0 aliphatic carbocycles. The van der Waals surface area contributed by atoms with E-state index in [9.17, 15) is 0 Å². The Labute approximate surface area is 111 Å². The van der Waals surface area contributed by atoms with E-state index in [1.54, 1.807) is 0 Å². The molecule has 2 heteroatoms. The first-order chi connectivity index (χ1) is 9.45. The molecule has 0 unspecified atom stereocenters. The Morgan fingerprint density at radius 2 is 1.42 bits per heavy atom. The Morgan fingerprint density at radius 3 is 2.21 bits per heavy atom. The Kier molecular flexibility index (Phi) is 3.24. The highest BCUT2D eigenvalue weighted by Crippen LogP contribution is 2.22. The van der Waals surface area contributed by atoms with Crippen molar-refractivity contribution in [1.82, 2.24) is 9.97 Å². The number of aromatic nitrogens is 2. The van der Waals surface area contributed by atoms with Gasteiger partial charge >= 0.3 is 0 Å². The fourth-order valence-electron chi connectivity index (χ4n) is 2.09. The van der Waals surface area contributed by atoms with Crippen molar-refractivity contribution >= 4 is 21.7 Å². The molecule has 4 aromatic rings. The van der Waals surface area contributed by atoms with Crippen LogP contribution in [0.1, 0.15) is 0 Å². The maximum absolute atomic E-state index is 4.41. The van der Waals surface area contributed by atoms with E-state index in [0.29, 0.717) is 0 Å². The molecule has 2 heterocycles. The molecule has 19 heavy (non-hydrogen) atoms. The summed E-state index contributed by atoms with van der Waals surface area (Å²) >= 11 is 0. The average molecular weight is 246 g/mol. The Morgan fingerprint density at radius 1 is 0.684 bits per heavy atom. The lowest BCUT2D eigenvalue weighted by Gasteiger charge is -2.01. The van der Waals surface area contributed by atoms with Crippen molar-refractivity contribution in [3.63, 3.8) is 0 Å². The molecule has 1 N–H and O–H groups in total. The van der Waals surface area contributed by atoms with Gasteiger partial charge in [-0.1, -0.05) is 42.5 Å². The molecule has 2 aromatic heterocycles. The summed E-state index contributed by atoms with van der Waals surface area (Å²) in [6.07, 6.45) is 5.59. The molecule has 92 valence electrons. The minimum Gasteiger partial charge on any atom is -0.368 e. The molecule has 2 nitrogen and oxygen atoms in total. The van der Waals surface area contributed by atoms with Gasteiger partial charge in [0.25, 0.3) is 0 Å². The molecule has 0 aliphatic heterocycles. The van der Waals surface area contributed by atoms with E-state index in [1.807, 2.05) is 36.8 Å². The number of rotatable bonds is 0. The summed E-state index contributed by atoms with van der Waals surface area (Å²) in [7, 11) is 0. The number of benzene rings is 2.